The molecule has 5 nitrogen and oxygen atoms in total. The fourth-order valence-corrected chi connectivity index (χ4v) is 5.48. The lowest BCUT2D eigenvalue weighted by Gasteiger charge is -2.27. The van der Waals surface area contributed by atoms with E-state index in [0.717, 1.165) is 64.0 Å². The molecular formula is C22H25BrClN3O2S2. The topological polar surface area (TPSA) is 45.7 Å². The summed E-state index contributed by atoms with van der Waals surface area (Å²) in [6.45, 7) is 5.08. The summed E-state index contributed by atoms with van der Waals surface area (Å²) in [5.41, 5.74) is 1.62. The smallest absolute Gasteiger partial charge is 0.260 e. The van der Waals surface area contributed by atoms with Crippen LogP contribution in [0, 0.1) is 0 Å². The normalized spacial score (nSPS) is 14.4. The predicted octanol–water partition coefficient (Wildman–Crippen LogP) is 5.57. The van der Waals surface area contributed by atoms with E-state index in [0.29, 0.717) is 12.1 Å². The van der Waals surface area contributed by atoms with E-state index in [4.69, 9.17) is 9.72 Å². The minimum absolute atomic E-state index is 0. The van der Waals surface area contributed by atoms with E-state index in [2.05, 4.69) is 26.9 Å². The number of hydrogen-bond donors (Lipinski definition) is 0. The van der Waals surface area contributed by atoms with Crippen molar-refractivity contribution in [2.75, 3.05) is 50.5 Å². The summed E-state index contributed by atoms with van der Waals surface area (Å²) < 4.78 is 7.53. The second-order valence-electron chi connectivity index (χ2n) is 7.10. The number of ether oxygens (including phenoxy) is 1. The van der Waals surface area contributed by atoms with Crippen LogP contribution in [0.15, 0.2) is 51.8 Å². The average molecular weight is 543 g/mol. The Morgan fingerprint density at radius 3 is 2.84 bits per heavy atom. The number of thiazole rings is 1. The van der Waals surface area contributed by atoms with Crippen LogP contribution in [0.3, 0.4) is 0 Å². The van der Waals surface area contributed by atoms with E-state index >= 15 is 0 Å². The Balaban J connectivity index is 0.00000272. The molecule has 0 bridgehead atoms. The van der Waals surface area contributed by atoms with Crippen molar-refractivity contribution >= 4 is 72.7 Å². The van der Waals surface area contributed by atoms with Crippen LogP contribution in [0.4, 0.5) is 5.13 Å². The number of carbonyl (C=O) groups is 1. The summed E-state index contributed by atoms with van der Waals surface area (Å²) in [5.74, 6) is 0.00555. The standard InChI is InChI=1S/C22H24BrN3O2S2.ClH/c1-29-18-5-2-4-16(14-18)21(27)26(9-3-8-25-10-12-28-13-11-25)22-24-19-7-6-17(23)15-20(19)30-22;/h2,4-7,14-15H,3,8-13H2,1H3;1H. The number of halogens is 2. The minimum Gasteiger partial charge on any atom is -0.379 e. The number of amides is 1. The van der Waals surface area contributed by atoms with Gasteiger partial charge in [0.05, 0.1) is 23.4 Å². The first-order valence-corrected chi connectivity index (χ1v) is 12.8. The monoisotopic (exact) mass is 541 g/mol. The Morgan fingerprint density at radius 2 is 2.06 bits per heavy atom. The van der Waals surface area contributed by atoms with E-state index in [1.807, 2.05) is 47.6 Å². The van der Waals surface area contributed by atoms with Crippen molar-refractivity contribution in [1.29, 1.82) is 0 Å². The molecule has 1 aliphatic rings. The third kappa shape index (κ3) is 6.21. The van der Waals surface area contributed by atoms with Crippen molar-refractivity contribution in [2.45, 2.75) is 11.3 Å². The number of rotatable bonds is 7. The number of nitrogens with zero attached hydrogens (tertiary/aromatic N) is 3. The second-order valence-corrected chi connectivity index (χ2v) is 9.91. The van der Waals surface area contributed by atoms with Crippen LogP contribution >= 0.6 is 51.4 Å². The molecular weight excluding hydrogens is 518 g/mol. The van der Waals surface area contributed by atoms with Gasteiger partial charge in [-0.3, -0.25) is 14.6 Å². The zero-order valence-electron chi connectivity index (χ0n) is 17.3. The van der Waals surface area contributed by atoms with Crippen molar-refractivity contribution < 1.29 is 9.53 Å². The van der Waals surface area contributed by atoms with E-state index < -0.39 is 0 Å². The summed E-state index contributed by atoms with van der Waals surface area (Å²) in [6, 6.07) is 13.9. The van der Waals surface area contributed by atoms with Crippen molar-refractivity contribution in [1.82, 2.24) is 9.88 Å². The van der Waals surface area contributed by atoms with Gasteiger partial charge in [0.1, 0.15) is 0 Å². The van der Waals surface area contributed by atoms with Gasteiger partial charge in [-0.2, -0.15) is 0 Å². The molecule has 0 aliphatic carbocycles. The fourth-order valence-electron chi connectivity index (χ4n) is 3.47. The first-order chi connectivity index (χ1) is 14.6. The number of morpholine rings is 1. The van der Waals surface area contributed by atoms with Crippen LogP contribution in [0.5, 0.6) is 0 Å². The maximum Gasteiger partial charge on any atom is 0.260 e. The number of carbonyl (C=O) groups excluding carboxylic acids is 1. The molecule has 1 aliphatic heterocycles. The van der Waals surface area contributed by atoms with Crippen LogP contribution in [0.2, 0.25) is 0 Å². The van der Waals surface area contributed by atoms with Gasteiger partial charge in [0, 0.05) is 41.1 Å². The highest BCUT2D eigenvalue weighted by molar-refractivity contribution is 9.10. The van der Waals surface area contributed by atoms with Gasteiger partial charge < -0.3 is 4.74 Å². The zero-order chi connectivity index (χ0) is 20.9. The maximum atomic E-state index is 13.5. The van der Waals surface area contributed by atoms with Crippen molar-refractivity contribution in [3.05, 3.63) is 52.5 Å². The Bertz CT molecular complexity index is 1030. The lowest BCUT2D eigenvalue weighted by atomic mass is 10.2. The van der Waals surface area contributed by atoms with Crippen LogP contribution in [0.1, 0.15) is 16.8 Å². The molecule has 9 heteroatoms. The summed E-state index contributed by atoms with van der Waals surface area (Å²) in [4.78, 5) is 23.6. The molecule has 0 saturated carbocycles. The largest absolute Gasteiger partial charge is 0.379 e. The third-order valence-electron chi connectivity index (χ3n) is 5.09. The molecule has 2 aromatic carbocycles. The summed E-state index contributed by atoms with van der Waals surface area (Å²) >= 11 is 6.73. The lowest BCUT2D eigenvalue weighted by Crippen LogP contribution is -2.39. The molecule has 1 aromatic heterocycles. The molecule has 1 fully saturated rings. The molecule has 31 heavy (non-hydrogen) atoms. The molecule has 4 rings (SSSR count). The van der Waals surface area contributed by atoms with Crippen LogP contribution in [-0.4, -0.2) is 61.4 Å². The number of benzene rings is 2. The number of fused-ring (bicyclic) bond motifs is 1. The number of anilines is 1. The summed E-state index contributed by atoms with van der Waals surface area (Å²) in [7, 11) is 0. The fraction of sp³-hybridized carbons (Fsp3) is 0.364. The summed E-state index contributed by atoms with van der Waals surface area (Å²) in [5, 5.41) is 0.754. The molecule has 2 heterocycles. The number of thioether (sulfide) groups is 1. The van der Waals surface area contributed by atoms with E-state index in [-0.39, 0.29) is 18.3 Å². The van der Waals surface area contributed by atoms with Crippen molar-refractivity contribution in [3.8, 4) is 0 Å². The lowest BCUT2D eigenvalue weighted by molar-refractivity contribution is 0.0376. The molecule has 1 amide bonds. The van der Waals surface area contributed by atoms with Crippen molar-refractivity contribution in [2.24, 2.45) is 0 Å². The second kappa shape index (κ2) is 11.6. The van der Waals surface area contributed by atoms with E-state index in [1.54, 1.807) is 23.1 Å². The highest BCUT2D eigenvalue weighted by Crippen LogP contribution is 2.32. The molecule has 0 atom stereocenters. The van der Waals surface area contributed by atoms with E-state index in [1.165, 1.54) is 0 Å². The van der Waals surface area contributed by atoms with Gasteiger partial charge in [0.25, 0.3) is 5.91 Å². The van der Waals surface area contributed by atoms with E-state index in [9.17, 15) is 4.79 Å². The Labute approximate surface area is 205 Å². The Morgan fingerprint density at radius 1 is 1.26 bits per heavy atom. The first-order valence-electron chi connectivity index (χ1n) is 9.96. The van der Waals surface area contributed by atoms with Crippen molar-refractivity contribution in [3.63, 3.8) is 0 Å². The van der Waals surface area contributed by atoms with Crippen LogP contribution in [0.25, 0.3) is 10.2 Å². The zero-order valence-corrected chi connectivity index (χ0v) is 21.3. The average Bonchev–Trinajstić information content (AvgIpc) is 3.19. The van der Waals surface area contributed by atoms with Gasteiger partial charge >= 0.3 is 0 Å². The molecule has 0 unspecified atom stereocenters. The third-order valence-corrected chi connectivity index (χ3v) is 7.35. The van der Waals surface area contributed by atoms with Gasteiger partial charge in [0.2, 0.25) is 0 Å². The molecule has 166 valence electrons. The highest BCUT2D eigenvalue weighted by Gasteiger charge is 2.22. The van der Waals surface area contributed by atoms with Gasteiger partial charge in [0.15, 0.2) is 5.13 Å². The quantitative estimate of drug-likeness (QED) is 0.365. The SMILES string of the molecule is CSc1cccc(C(=O)N(CCCN2CCOCC2)c2nc3ccc(Br)cc3s2)c1.Cl. The highest BCUT2D eigenvalue weighted by atomic mass is 79.9. The first kappa shape index (κ1) is 24.5. The van der Waals surface area contributed by atoms with Crippen LogP contribution < -0.4 is 4.90 Å². The molecule has 0 N–H and O–H groups in total. The Kier molecular flexibility index (Phi) is 9.18. The minimum atomic E-state index is 0. The Hall–Kier alpha value is -1.16. The predicted molar refractivity (Wildman–Crippen MR) is 136 cm³/mol. The molecule has 1 saturated heterocycles. The van der Waals surface area contributed by atoms with Gasteiger partial charge in [-0.05, 0) is 49.1 Å². The number of aromatic nitrogens is 1. The summed E-state index contributed by atoms with van der Waals surface area (Å²) in [6.07, 6.45) is 2.92. The molecule has 0 radical (unpaired) electrons. The van der Waals surface area contributed by atoms with Gasteiger partial charge in [-0.15, -0.1) is 24.2 Å². The molecule has 0 spiro atoms. The molecule has 3 aromatic rings. The number of hydrogen-bond acceptors (Lipinski definition) is 6. The van der Waals surface area contributed by atoms with Crippen LogP contribution in [-0.2, 0) is 4.74 Å². The van der Waals surface area contributed by atoms with Gasteiger partial charge in [-0.25, -0.2) is 4.98 Å². The van der Waals surface area contributed by atoms with Gasteiger partial charge in [-0.1, -0.05) is 33.3 Å². The maximum absolute atomic E-state index is 13.5.